The lowest BCUT2D eigenvalue weighted by Crippen LogP contribution is -2.47. The van der Waals surface area contributed by atoms with Crippen molar-refractivity contribution in [2.45, 2.75) is 26.2 Å². The van der Waals surface area contributed by atoms with Crippen LogP contribution >= 0.6 is 0 Å². The normalized spacial score (nSPS) is 23.1. The number of carbonyl (C=O) groups excluding carboxylic acids is 4. The zero-order valence-corrected chi connectivity index (χ0v) is 15.4. The van der Waals surface area contributed by atoms with Gasteiger partial charge in [-0.3, -0.25) is 19.2 Å². The van der Waals surface area contributed by atoms with E-state index in [1.807, 2.05) is 0 Å². The van der Waals surface area contributed by atoms with Crippen molar-refractivity contribution in [1.82, 2.24) is 0 Å². The first kappa shape index (κ1) is 18.6. The number of Topliss-reactive ketones (excluding diaryl/α,β-unsaturated/α-hetero) is 2. The maximum atomic E-state index is 13.2. The summed E-state index contributed by atoms with van der Waals surface area (Å²) in [6, 6.07) is 1.45. The van der Waals surface area contributed by atoms with Gasteiger partial charge >= 0.3 is 0 Å². The molecular formula is C19H19NO7. The van der Waals surface area contributed by atoms with Gasteiger partial charge in [0, 0.05) is 12.1 Å². The van der Waals surface area contributed by atoms with Crippen molar-refractivity contribution in [3.63, 3.8) is 0 Å². The molecule has 3 rings (SSSR count). The van der Waals surface area contributed by atoms with Crippen LogP contribution in [0.3, 0.4) is 0 Å². The topological polar surface area (TPSA) is 122 Å². The summed E-state index contributed by atoms with van der Waals surface area (Å²) in [7, 11) is 1.35. The summed E-state index contributed by atoms with van der Waals surface area (Å²) in [6.07, 6.45) is 1.13. The molecule has 1 aliphatic heterocycles. The van der Waals surface area contributed by atoms with Crippen LogP contribution in [0.5, 0.6) is 17.2 Å². The van der Waals surface area contributed by atoms with Crippen molar-refractivity contribution in [2.24, 2.45) is 11.7 Å². The van der Waals surface area contributed by atoms with E-state index in [0.29, 0.717) is 0 Å². The Kier molecular flexibility index (Phi) is 4.29. The zero-order chi connectivity index (χ0) is 20.1. The number of fused-ring (bicyclic) bond motifs is 3. The highest BCUT2D eigenvalue weighted by Gasteiger charge is 2.58. The quantitative estimate of drug-likeness (QED) is 0.766. The van der Waals surface area contributed by atoms with Crippen LogP contribution in [0.2, 0.25) is 0 Å². The molecule has 1 aromatic rings. The number of amides is 1. The molecule has 0 saturated carbocycles. The summed E-state index contributed by atoms with van der Waals surface area (Å²) in [4.78, 5) is 49.4. The second kappa shape index (κ2) is 6.22. The van der Waals surface area contributed by atoms with E-state index >= 15 is 0 Å². The van der Waals surface area contributed by atoms with Gasteiger partial charge in [0.25, 0.3) is 5.91 Å². The number of rotatable bonds is 5. The molecule has 8 heteroatoms. The number of ketones is 3. The van der Waals surface area contributed by atoms with Crippen LogP contribution in [-0.4, -0.2) is 37.0 Å². The SMILES string of the molecule is CCOc1cc(OC)c(C(N)=O)c2c1[C@]1(C)C(=O)C(C(C)=O)C(=O)C=C1O2. The van der Waals surface area contributed by atoms with Gasteiger partial charge in [-0.15, -0.1) is 0 Å². The average Bonchev–Trinajstić information content (AvgIpc) is 2.88. The number of nitrogens with two attached hydrogens (primary N) is 1. The third kappa shape index (κ3) is 2.43. The minimum absolute atomic E-state index is 0.00408. The Hall–Kier alpha value is -3.16. The molecule has 1 aromatic carbocycles. The van der Waals surface area contributed by atoms with Crippen LogP contribution in [0.1, 0.15) is 36.7 Å². The Balaban J connectivity index is 2.38. The van der Waals surface area contributed by atoms with Crippen molar-refractivity contribution < 1.29 is 33.4 Å². The van der Waals surface area contributed by atoms with Crippen molar-refractivity contribution in [1.29, 1.82) is 0 Å². The summed E-state index contributed by atoms with van der Waals surface area (Å²) in [5.74, 6) is -3.68. The maximum Gasteiger partial charge on any atom is 0.256 e. The Morgan fingerprint density at radius 1 is 1.30 bits per heavy atom. The van der Waals surface area contributed by atoms with Crippen LogP contribution in [0, 0.1) is 5.92 Å². The van der Waals surface area contributed by atoms with Gasteiger partial charge in [0.15, 0.2) is 17.3 Å². The van der Waals surface area contributed by atoms with Gasteiger partial charge < -0.3 is 19.9 Å². The van der Waals surface area contributed by atoms with Crippen LogP contribution in [0.25, 0.3) is 0 Å². The van der Waals surface area contributed by atoms with E-state index < -0.39 is 34.6 Å². The number of hydrogen-bond acceptors (Lipinski definition) is 7. The van der Waals surface area contributed by atoms with Gasteiger partial charge in [-0.05, 0) is 20.8 Å². The summed E-state index contributed by atoms with van der Waals surface area (Å²) < 4.78 is 16.6. The summed E-state index contributed by atoms with van der Waals surface area (Å²) >= 11 is 0. The second-order valence-corrected chi connectivity index (χ2v) is 6.50. The van der Waals surface area contributed by atoms with E-state index in [0.717, 1.165) is 6.08 Å². The van der Waals surface area contributed by atoms with Gasteiger partial charge in [0.05, 0.1) is 19.3 Å². The molecule has 0 aromatic heterocycles. The standard InChI is InChI=1S/C19H19NO7/c1-5-26-11-7-10(25-4)14(18(20)24)16-15(11)19(3)12(27-16)6-9(22)13(8(2)21)17(19)23/h6-7,13H,5H2,1-4H3,(H2,20,24)/t13?,19-/m1/s1. The molecule has 8 nitrogen and oxygen atoms in total. The Morgan fingerprint density at radius 3 is 2.48 bits per heavy atom. The first-order valence-corrected chi connectivity index (χ1v) is 8.35. The predicted molar refractivity (Wildman–Crippen MR) is 92.9 cm³/mol. The summed E-state index contributed by atoms with van der Waals surface area (Å²) in [5, 5.41) is 0. The maximum absolute atomic E-state index is 13.2. The van der Waals surface area contributed by atoms with Gasteiger partial charge in [0.1, 0.15) is 39.9 Å². The van der Waals surface area contributed by atoms with Crippen molar-refractivity contribution in [3.05, 3.63) is 29.0 Å². The molecule has 27 heavy (non-hydrogen) atoms. The zero-order valence-electron chi connectivity index (χ0n) is 15.4. The van der Waals surface area contributed by atoms with Crippen LogP contribution in [-0.2, 0) is 19.8 Å². The molecule has 1 amide bonds. The molecule has 2 atom stereocenters. The first-order valence-electron chi connectivity index (χ1n) is 8.35. The number of ether oxygens (including phenoxy) is 3. The molecule has 0 saturated heterocycles. The van der Waals surface area contributed by atoms with Crippen molar-refractivity contribution >= 4 is 23.3 Å². The first-order chi connectivity index (χ1) is 12.7. The third-order valence-electron chi connectivity index (χ3n) is 4.90. The molecule has 1 unspecified atom stereocenters. The average molecular weight is 373 g/mol. The van der Waals surface area contributed by atoms with E-state index in [4.69, 9.17) is 19.9 Å². The second-order valence-electron chi connectivity index (χ2n) is 6.50. The molecule has 142 valence electrons. The Morgan fingerprint density at radius 2 is 1.96 bits per heavy atom. The van der Waals surface area contributed by atoms with E-state index in [1.165, 1.54) is 27.0 Å². The van der Waals surface area contributed by atoms with E-state index in [9.17, 15) is 19.2 Å². The molecule has 1 aliphatic carbocycles. The van der Waals surface area contributed by atoms with Gasteiger partial charge in [-0.1, -0.05) is 0 Å². The largest absolute Gasteiger partial charge is 0.496 e. The molecule has 0 fully saturated rings. The number of carbonyl (C=O) groups is 4. The van der Waals surface area contributed by atoms with Crippen molar-refractivity contribution in [3.8, 4) is 17.2 Å². The fraction of sp³-hybridized carbons (Fsp3) is 0.368. The molecule has 2 N–H and O–H groups in total. The fourth-order valence-corrected chi connectivity index (χ4v) is 3.62. The highest BCUT2D eigenvalue weighted by molar-refractivity contribution is 6.27. The molecular weight excluding hydrogens is 354 g/mol. The highest BCUT2D eigenvalue weighted by Crippen LogP contribution is 2.56. The smallest absolute Gasteiger partial charge is 0.256 e. The number of primary amides is 1. The lowest BCUT2D eigenvalue weighted by atomic mass is 9.67. The predicted octanol–water partition coefficient (Wildman–Crippen LogP) is 1.08. The van der Waals surface area contributed by atoms with E-state index in [2.05, 4.69) is 0 Å². The van der Waals surface area contributed by atoms with Gasteiger partial charge in [-0.2, -0.15) is 0 Å². The molecule has 2 aliphatic rings. The van der Waals surface area contributed by atoms with Crippen molar-refractivity contribution in [2.75, 3.05) is 13.7 Å². The highest BCUT2D eigenvalue weighted by atomic mass is 16.5. The van der Waals surface area contributed by atoms with Crippen LogP contribution < -0.4 is 19.9 Å². The molecule has 0 bridgehead atoms. The van der Waals surface area contributed by atoms with Crippen LogP contribution in [0.15, 0.2) is 17.9 Å². The van der Waals surface area contributed by atoms with Gasteiger partial charge in [0.2, 0.25) is 0 Å². The number of allylic oxidation sites excluding steroid dienone is 2. The summed E-state index contributed by atoms with van der Waals surface area (Å²) in [6.45, 7) is 4.74. The summed E-state index contributed by atoms with van der Waals surface area (Å²) in [5.41, 5.74) is 4.23. The van der Waals surface area contributed by atoms with Crippen LogP contribution in [0.4, 0.5) is 0 Å². The Bertz CT molecular complexity index is 930. The molecule has 0 spiro atoms. The van der Waals surface area contributed by atoms with E-state index in [1.54, 1.807) is 6.92 Å². The number of methoxy groups -OCH3 is 1. The lowest BCUT2D eigenvalue weighted by molar-refractivity contribution is -0.140. The monoisotopic (exact) mass is 373 g/mol. The molecule has 0 radical (unpaired) electrons. The number of hydrogen-bond donors (Lipinski definition) is 1. The fourth-order valence-electron chi connectivity index (χ4n) is 3.62. The minimum atomic E-state index is -1.46. The minimum Gasteiger partial charge on any atom is -0.496 e. The molecule has 1 heterocycles. The van der Waals surface area contributed by atoms with E-state index in [-0.39, 0.29) is 40.7 Å². The lowest BCUT2D eigenvalue weighted by Gasteiger charge is -2.30. The number of benzene rings is 1. The third-order valence-corrected chi connectivity index (χ3v) is 4.90. The Labute approximate surface area is 155 Å². The van der Waals surface area contributed by atoms with Gasteiger partial charge in [-0.25, -0.2) is 0 Å².